The second-order valence-electron chi connectivity index (χ2n) is 5.80. The van der Waals surface area contributed by atoms with Crippen LogP contribution in [0.5, 0.6) is 5.75 Å². The molecule has 0 atom stereocenters. The highest BCUT2D eigenvalue weighted by Gasteiger charge is 2.32. The van der Waals surface area contributed by atoms with Gasteiger partial charge in [0.05, 0.1) is 0 Å². The molecule has 2 aromatic rings. The molecule has 2 aromatic carbocycles. The molecule has 7 heteroatoms. The maximum atomic E-state index is 13.8. The first-order valence-electron chi connectivity index (χ1n) is 7.81. The van der Waals surface area contributed by atoms with E-state index in [9.17, 15) is 9.18 Å². The molecule has 3 rings (SSSR count). The van der Waals surface area contributed by atoms with E-state index in [4.69, 9.17) is 17.0 Å². The van der Waals surface area contributed by atoms with E-state index in [2.05, 4.69) is 15.9 Å². The van der Waals surface area contributed by atoms with Crippen molar-refractivity contribution < 1.29 is 13.9 Å². The number of carbonyl (C=O) groups excluding carboxylic acids is 1. The van der Waals surface area contributed by atoms with Gasteiger partial charge in [0.1, 0.15) is 23.9 Å². The van der Waals surface area contributed by atoms with E-state index in [0.29, 0.717) is 27.7 Å². The second-order valence-corrected chi connectivity index (χ2v) is 7.08. The molecule has 0 aliphatic carbocycles. The van der Waals surface area contributed by atoms with Gasteiger partial charge in [-0.2, -0.15) is 0 Å². The lowest BCUT2D eigenvalue weighted by molar-refractivity contribution is -0.121. The molecule has 0 spiro atoms. The summed E-state index contributed by atoms with van der Waals surface area (Å²) in [6.45, 7) is 0.0899. The van der Waals surface area contributed by atoms with Crippen molar-refractivity contribution in [1.82, 2.24) is 9.80 Å². The lowest BCUT2D eigenvalue weighted by Gasteiger charge is -2.13. The number of rotatable bonds is 4. The minimum atomic E-state index is -0.317. The fourth-order valence-electron chi connectivity index (χ4n) is 2.57. The standard InChI is InChI=1S/C19H16BrFN2O2S/c1-22-16(18(24)23(2)19(22)26)10-13-9-14(20)7-8-17(13)25-11-12-5-3-4-6-15(12)21/h3-10H,11H2,1-2H3/b16-10-. The van der Waals surface area contributed by atoms with Crippen molar-refractivity contribution in [2.45, 2.75) is 6.61 Å². The molecule has 1 amide bonds. The van der Waals surface area contributed by atoms with Crippen LogP contribution in [0.3, 0.4) is 0 Å². The van der Waals surface area contributed by atoms with E-state index >= 15 is 0 Å². The summed E-state index contributed by atoms with van der Waals surface area (Å²) in [5, 5.41) is 0.435. The van der Waals surface area contributed by atoms with E-state index in [1.54, 1.807) is 49.3 Å². The number of hydrogen-bond donors (Lipinski definition) is 0. The Balaban J connectivity index is 1.92. The Bertz CT molecular complexity index is 916. The number of likely N-dealkylation sites (N-methyl/N-ethyl adjacent to an activating group) is 2. The molecule has 1 saturated heterocycles. The number of ether oxygens (including phenoxy) is 1. The van der Waals surface area contributed by atoms with Gasteiger partial charge in [0.15, 0.2) is 5.11 Å². The second kappa shape index (κ2) is 7.55. The predicted molar refractivity (Wildman–Crippen MR) is 106 cm³/mol. The van der Waals surface area contributed by atoms with Gasteiger partial charge in [-0.1, -0.05) is 34.1 Å². The Morgan fingerprint density at radius 2 is 1.92 bits per heavy atom. The molecular weight excluding hydrogens is 419 g/mol. The van der Waals surface area contributed by atoms with Crippen molar-refractivity contribution in [3.63, 3.8) is 0 Å². The lowest BCUT2D eigenvalue weighted by atomic mass is 10.1. The monoisotopic (exact) mass is 434 g/mol. The topological polar surface area (TPSA) is 32.8 Å². The van der Waals surface area contributed by atoms with E-state index in [1.165, 1.54) is 11.0 Å². The Kier molecular flexibility index (Phi) is 5.38. The molecule has 1 heterocycles. The number of nitrogens with zero attached hydrogens (tertiary/aromatic N) is 2. The molecule has 0 saturated carbocycles. The number of hydrogen-bond acceptors (Lipinski definition) is 3. The largest absolute Gasteiger partial charge is 0.488 e. The molecular formula is C19H16BrFN2O2S. The summed E-state index contributed by atoms with van der Waals surface area (Å²) >= 11 is 8.66. The minimum Gasteiger partial charge on any atom is -0.488 e. The number of benzene rings is 2. The quantitative estimate of drug-likeness (QED) is 0.533. The van der Waals surface area contributed by atoms with Gasteiger partial charge in [-0.3, -0.25) is 9.69 Å². The highest BCUT2D eigenvalue weighted by atomic mass is 79.9. The van der Waals surface area contributed by atoms with Crippen LogP contribution in [0.4, 0.5) is 4.39 Å². The van der Waals surface area contributed by atoms with Crippen LogP contribution >= 0.6 is 28.1 Å². The van der Waals surface area contributed by atoms with Crippen LogP contribution < -0.4 is 4.74 Å². The minimum absolute atomic E-state index is 0.0899. The van der Waals surface area contributed by atoms with Crippen molar-refractivity contribution in [3.05, 3.63) is 69.6 Å². The van der Waals surface area contributed by atoms with Crippen LogP contribution in [0.15, 0.2) is 52.6 Å². The van der Waals surface area contributed by atoms with Gasteiger partial charge in [-0.15, -0.1) is 0 Å². The highest BCUT2D eigenvalue weighted by Crippen LogP contribution is 2.29. The van der Waals surface area contributed by atoms with Gasteiger partial charge in [-0.25, -0.2) is 4.39 Å². The molecule has 1 fully saturated rings. The Hall–Kier alpha value is -2.25. The van der Waals surface area contributed by atoms with Gasteiger partial charge in [0.25, 0.3) is 5.91 Å². The lowest BCUT2D eigenvalue weighted by Crippen LogP contribution is -2.26. The van der Waals surface area contributed by atoms with Gasteiger partial charge in [0.2, 0.25) is 0 Å². The summed E-state index contributed by atoms with van der Waals surface area (Å²) in [6.07, 6.45) is 1.72. The fraction of sp³-hybridized carbons (Fsp3) is 0.158. The zero-order chi connectivity index (χ0) is 18.8. The smallest absolute Gasteiger partial charge is 0.276 e. The average molecular weight is 435 g/mol. The van der Waals surface area contributed by atoms with Crippen LogP contribution in [0.25, 0.3) is 6.08 Å². The van der Waals surface area contributed by atoms with Crippen molar-refractivity contribution in [1.29, 1.82) is 0 Å². The molecule has 0 bridgehead atoms. The third-order valence-corrected chi connectivity index (χ3v) is 5.11. The third-order valence-electron chi connectivity index (χ3n) is 4.06. The van der Waals surface area contributed by atoms with Crippen molar-refractivity contribution >= 4 is 45.2 Å². The van der Waals surface area contributed by atoms with Gasteiger partial charge in [-0.05, 0) is 42.6 Å². The molecule has 0 unspecified atom stereocenters. The fourth-order valence-corrected chi connectivity index (χ4v) is 3.13. The number of halogens is 2. The van der Waals surface area contributed by atoms with Gasteiger partial charge >= 0.3 is 0 Å². The molecule has 4 nitrogen and oxygen atoms in total. The zero-order valence-electron chi connectivity index (χ0n) is 14.2. The molecule has 1 aliphatic rings. The summed E-state index contributed by atoms with van der Waals surface area (Å²) in [5.41, 5.74) is 1.61. The molecule has 0 N–H and O–H groups in total. The Morgan fingerprint density at radius 3 is 2.58 bits per heavy atom. The van der Waals surface area contributed by atoms with Crippen LogP contribution in [-0.2, 0) is 11.4 Å². The third kappa shape index (κ3) is 3.64. The van der Waals surface area contributed by atoms with Crippen molar-refractivity contribution in [2.75, 3.05) is 14.1 Å². The highest BCUT2D eigenvalue weighted by molar-refractivity contribution is 9.10. The van der Waals surface area contributed by atoms with Crippen LogP contribution in [0.2, 0.25) is 0 Å². The van der Waals surface area contributed by atoms with Crippen molar-refractivity contribution in [2.24, 2.45) is 0 Å². The molecule has 1 aliphatic heterocycles. The first-order chi connectivity index (χ1) is 12.4. The SMILES string of the molecule is CN1C(=O)/C(=C/c2cc(Br)ccc2OCc2ccccc2F)N(C)C1=S. The summed E-state index contributed by atoms with van der Waals surface area (Å²) < 4.78 is 20.5. The predicted octanol–water partition coefficient (Wildman–Crippen LogP) is 4.20. The summed E-state index contributed by atoms with van der Waals surface area (Å²) in [4.78, 5) is 15.4. The molecule has 134 valence electrons. The van der Waals surface area contributed by atoms with E-state index in [1.807, 2.05) is 12.1 Å². The van der Waals surface area contributed by atoms with Crippen molar-refractivity contribution in [3.8, 4) is 5.75 Å². The van der Waals surface area contributed by atoms with E-state index in [0.717, 1.165) is 4.47 Å². The van der Waals surface area contributed by atoms with Crippen LogP contribution in [0.1, 0.15) is 11.1 Å². The normalized spacial score (nSPS) is 15.9. The summed E-state index contributed by atoms with van der Waals surface area (Å²) in [7, 11) is 3.38. The summed E-state index contributed by atoms with van der Waals surface area (Å²) in [6, 6.07) is 11.9. The number of amides is 1. The zero-order valence-corrected chi connectivity index (χ0v) is 16.6. The van der Waals surface area contributed by atoms with Crippen LogP contribution in [-0.4, -0.2) is 34.9 Å². The van der Waals surface area contributed by atoms with E-state index < -0.39 is 0 Å². The molecule has 0 aromatic heterocycles. The Labute approximate surface area is 165 Å². The summed E-state index contributed by atoms with van der Waals surface area (Å²) in [5.74, 6) is 0.0466. The first kappa shape index (κ1) is 18.5. The first-order valence-corrected chi connectivity index (χ1v) is 9.02. The number of thiocarbonyl (C=S) groups is 1. The Morgan fingerprint density at radius 1 is 1.19 bits per heavy atom. The van der Waals surface area contributed by atoms with E-state index in [-0.39, 0.29) is 18.3 Å². The van der Waals surface area contributed by atoms with Crippen LogP contribution in [0, 0.1) is 5.82 Å². The number of carbonyl (C=O) groups is 1. The maximum Gasteiger partial charge on any atom is 0.276 e. The maximum absolute atomic E-state index is 13.8. The average Bonchev–Trinajstić information content (AvgIpc) is 2.80. The molecule has 26 heavy (non-hydrogen) atoms. The van der Waals surface area contributed by atoms with Gasteiger partial charge < -0.3 is 9.64 Å². The molecule has 0 radical (unpaired) electrons. The van der Waals surface area contributed by atoms with Gasteiger partial charge in [0, 0.05) is 29.7 Å².